The number of urea groups is 1. The van der Waals surface area contributed by atoms with Gasteiger partial charge in [0.2, 0.25) is 0 Å². The normalized spacial score (nSPS) is 12.1. The second kappa shape index (κ2) is 6.22. The van der Waals surface area contributed by atoms with Gasteiger partial charge in [0.1, 0.15) is 6.04 Å². The molecule has 19 heavy (non-hydrogen) atoms. The summed E-state index contributed by atoms with van der Waals surface area (Å²) in [4.78, 5) is 22.8. The highest BCUT2D eigenvalue weighted by atomic mass is 16.4. The second-order valence-corrected chi connectivity index (χ2v) is 4.98. The zero-order chi connectivity index (χ0) is 14.6. The number of carboxylic acids is 1. The molecule has 0 spiro atoms. The van der Waals surface area contributed by atoms with Crippen molar-refractivity contribution < 1.29 is 14.7 Å². The van der Waals surface area contributed by atoms with Gasteiger partial charge in [-0.2, -0.15) is 0 Å². The average Bonchev–Trinajstić information content (AvgIpc) is 2.29. The quantitative estimate of drug-likeness (QED) is 0.782. The molecule has 0 aliphatic rings. The lowest BCUT2D eigenvalue weighted by Gasteiger charge is -2.18. The number of anilines is 1. The fourth-order valence-corrected chi connectivity index (χ4v) is 1.77. The number of hydrogen-bond donors (Lipinski definition) is 3. The van der Waals surface area contributed by atoms with E-state index in [1.165, 1.54) is 0 Å². The third-order valence-corrected chi connectivity index (χ3v) is 2.85. The molecule has 0 saturated heterocycles. The maximum absolute atomic E-state index is 11.8. The van der Waals surface area contributed by atoms with Gasteiger partial charge in [-0.3, -0.25) is 0 Å². The Balaban J connectivity index is 2.72. The Hall–Kier alpha value is -2.04. The van der Waals surface area contributed by atoms with Gasteiger partial charge in [-0.25, -0.2) is 9.59 Å². The van der Waals surface area contributed by atoms with E-state index >= 15 is 0 Å². The van der Waals surface area contributed by atoms with Gasteiger partial charge in [-0.1, -0.05) is 31.5 Å². The van der Waals surface area contributed by atoms with Crippen LogP contribution >= 0.6 is 0 Å². The molecule has 1 aromatic rings. The van der Waals surface area contributed by atoms with Gasteiger partial charge in [0.05, 0.1) is 0 Å². The Bertz CT molecular complexity index is 484. The molecule has 0 saturated carbocycles. The third kappa shape index (κ3) is 4.28. The topological polar surface area (TPSA) is 78.4 Å². The lowest BCUT2D eigenvalue weighted by Crippen LogP contribution is -2.46. The fourth-order valence-electron chi connectivity index (χ4n) is 1.77. The van der Waals surface area contributed by atoms with E-state index < -0.39 is 18.0 Å². The summed E-state index contributed by atoms with van der Waals surface area (Å²) in [6.45, 7) is 7.35. The number of carbonyl (C=O) groups is 2. The van der Waals surface area contributed by atoms with Crippen LogP contribution in [0.4, 0.5) is 10.5 Å². The van der Waals surface area contributed by atoms with Crippen molar-refractivity contribution in [2.75, 3.05) is 5.32 Å². The maximum Gasteiger partial charge on any atom is 0.326 e. The van der Waals surface area contributed by atoms with Crippen molar-refractivity contribution in [3.63, 3.8) is 0 Å². The highest BCUT2D eigenvalue weighted by molar-refractivity contribution is 5.92. The molecule has 0 bridgehead atoms. The van der Waals surface area contributed by atoms with Crippen LogP contribution in [0.15, 0.2) is 18.2 Å². The molecule has 5 nitrogen and oxygen atoms in total. The summed E-state index contributed by atoms with van der Waals surface area (Å²) in [5.41, 5.74) is 2.72. The zero-order valence-electron chi connectivity index (χ0n) is 11.7. The molecule has 3 N–H and O–H groups in total. The van der Waals surface area contributed by atoms with Gasteiger partial charge in [0.25, 0.3) is 0 Å². The molecular formula is C14H20N2O3. The summed E-state index contributed by atoms with van der Waals surface area (Å²) >= 11 is 0. The van der Waals surface area contributed by atoms with E-state index in [9.17, 15) is 9.59 Å². The molecule has 5 heteroatoms. The number of amides is 2. The van der Waals surface area contributed by atoms with Crippen molar-refractivity contribution in [2.45, 2.75) is 33.7 Å². The average molecular weight is 264 g/mol. The molecule has 104 valence electrons. The van der Waals surface area contributed by atoms with Crippen LogP contribution in [0.2, 0.25) is 0 Å². The number of aryl methyl sites for hydroxylation is 2. The highest BCUT2D eigenvalue weighted by Crippen LogP contribution is 2.15. The molecule has 0 unspecified atom stereocenters. The summed E-state index contributed by atoms with van der Waals surface area (Å²) < 4.78 is 0. The van der Waals surface area contributed by atoms with Crippen LogP contribution in [-0.4, -0.2) is 23.1 Å². The van der Waals surface area contributed by atoms with E-state index in [1.807, 2.05) is 26.0 Å². The number of rotatable bonds is 4. The summed E-state index contributed by atoms with van der Waals surface area (Å²) in [6, 6.07) is 4.24. The first kappa shape index (κ1) is 15.0. The first-order chi connectivity index (χ1) is 8.81. The predicted octanol–water partition coefficient (Wildman–Crippen LogP) is 2.53. The summed E-state index contributed by atoms with van der Waals surface area (Å²) in [5, 5.41) is 14.1. The van der Waals surface area contributed by atoms with E-state index in [0.717, 1.165) is 11.1 Å². The monoisotopic (exact) mass is 264 g/mol. The maximum atomic E-state index is 11.8. The van der Waals surface area contributed by atoms with Crippen molar-refractivity contribution in [1.29, 1.82) is 0 Å². The Morgan fingerprint density at radius 3 is 2.32 bits per heavy atom. The largest absolute Gasteiger partial charge is 0.480 e. The summed E-state index contributed by atoms with van der Waals surface area (Å²) in [6.07, 6.45) is 0. The van der Waals surface area contributed by atoms with Gasteiger partial charge in [-0.15, -0.1) is 0 Å². The fraction of sp³-hybridized carbons (Fsp3) is 0.429. The predicted molar refractivity (Wildman–Crippen MR) is 74.3 cm³/mol. The van der Waals surface area contributed by atoms with Crippen molar-refractivity contribution in [1.82, 2.24) is 5.32 Å². The van der Waals surface area contributed by atoms with Crippen LogP contribution < -0.4 is 10.6 Å². The van der Waals surface area contributed by atoms with Crippen LogP contribution in [0.3, 0.4) is 0 Å². The van der Waals surface area contributed by atoms with Crippen LogP contribution in [0.1, 0.15) is 25.0 Å². The molecule has 2 amide bonds. The van der Waals surface area contributed by atoms with Crippen molar-refractivity contribution in [3.05, 3.63) is 29.3 Å². The first-order valence-electron chi connectivity index (χ1n) is 6.19. The zero-order valence-corrected chi connectivity index (χ0v) is 11.7. The Kier molecular flexibility index (Phi) is 4.92. The number of hydrogen-bond acceptors (Lipinski definition) is 2. The van der Waals surface area contributed by atoms with E-state index in [0.29, 0.717) is 5.69 Å². The van der Waals surface area contributed by atoms with Gasteiger partial charge in [0, 0.05) is 5.69 Å². The van der Waals surface area contributed by atoms with Crippen molar-refractivity contribution in [3.8, 4) is 0 Å². The van der Waals surface area contributed by atoms with E-state index in [4.69, 9.17) is 5.11 Å². The Labute approximate surface area is 113 Å². The minimum atomic E-state index is -1.04. The number of carboxylic acid groups (broad SMARTS) is 1. The number of nitrogens with one attached hydrogen (secondary N) is 2. The van der Waals surface area contributed by atoms with Gasteiger partial charge in [0.15, 0.2) is 0 Å². The second-order valence-electron chi connectivity index (χ2n) is 4.98. The molecule has 0 heterocycles. The van der Waals surface area contributed by atoms with Crippen LogP contribution in [-0.2, 0) is 4.79 Å². The molecule has 1 aromatic carbocycles. The smallest absolute Gasteiger partial charge is 0.326 e. The molecular weight excluding hydrogens is 244 g/mol. The van der Waals surface area contributed by atoms with Crippen LogP contribution in [0, 0.1) is 19.8 Å². The van der Waals surface area contributed by atoms with Crippen LogP contribution in [0.5, 0.6) is 0 Å². The molecule has 1 rings (SSSR count). The van der Waals surface area contributed by atoms with Gasteiger partial charge >= 0.3 is 12.0 Å². The van der Waals surface area contributed by atoms with Crippen molar-refractivity contribution in [2.24, 2.45) is 5.92 Å². The molecule has 1 atom stereocenters. The lowest BCUT2D eigenvalue weighted by atomic mass is 10.1. The minimum Gasteiger partial charge on any atom is -0.480 e. The Morgan fingerprint density at radius 1 is 1.21 bits per heavy atom. The SMILES string of the molecule is Cc1ccc(NC(=O)N[C@H](C(=O)O)C(C)C)c(C)c1. The Morgan fingerprint density at radius 2 is 1.84 bits per heavy atom. The molecule has 0 aliphatic carbocycles. The molecule has 0 radical (unpaired) electrons. The van der Waals surface area contributed by atoms with E-state index in [-0.39, 0.29) is 5.92 Å². The van der Waals surface area contributed by atoms with Gasteiger partial charge in [-0.05, 0) is 31.4 Å². The number of aliphatic carboxylic acids is 1. The standard InChI is InChI=1S/C14H20N2O3/c1-8(2)12(13(17)18)16-14(19)15-11-6-5-9(3)7-10(11)4/h5-8,12H,1-4H3,(H,17,18)(H2,15,16,19)/t12-/m0/s1. The summed E-state index contributed by atoms with van der Waals surface area (Å²) in [5.74, 6) is -1.21. The minimum absolute atomic E-state index is 0.178. The van der Waals surface area contributed by atoms with Gasteiger partial charge < -0.3 is 15.7 Å². The molecule has 0 fully saturated rings. The molecule has 0 aromatic heterocycles. The summed E-state index contributed by atoms with van der Waals surface area (Å²) in [7, 11) is 0. The first-order valence-corrected chi connectivity index (χ1v) is 6.19. The van der Waals surface area contributed by atoms with E-state index in [1.54, 1.807) is 19.9 Å². The van der Waals surface area contributed by atoms with Crippen LogP contribution in [0.25, 0.3) is 0 Å². The number of benzene rings is 1. The van der Waals surface area contributed by atoms with E-state index in [2.05, 4.69) is 10.6 Å². The van der Waals surface area contributed by atoms with Crippen molar-refractivity contribution >= 4 is 17.7 Å². The lowest BCUT2D eigenvalue weighted by molar-refractivity contribution is -0.140. The highest BCUT2D eigenvalue weighted by Gasteiger charge is 2.23. The third-order valence-electron chi connectivity index (χ3n) is 2.85. The number of carbonyl (C=O) groups excluding carboxylic acids is 1. The molecule has 0 aliphatic heterocycles.